The number of hydrogen-bond donors (Lipinski definition) is 2. The summed E-state index contributed by atoms with van der Waals surface area (Å²) in [6.45, 7) is 0. The maximum atomic E-state index is 13.1. The van der Waals surface area contributed by atoms with Gasteiger partial charge in [0.1, 0.15) is 5.82 Å². The van der Waals surface area contributed by atoms with Gasteiger partial charge < -0.3 is 11.1 Å². The maximum Gasteiger partial charge on any atom is 0.326 e. The molecule has 0 unspecified atom stereocenters. The monoisotopic (exact) mass is 259 g/mol. The molecule has 98 valence electrons. The molecule has 5 heteroatoms. The number of anilines is 3. The highest BCUT2D eigenvalue weighted by atomic mass is 19.1. The van der Waals surface area contributed by atoms with Gasteiger partial charge in [0, 0.05) is 24.1 Å². The van der Waals surface area contributed by atoms with Crippen molar-refractivity contribution in [1.82, 2.24) is 0 Å². The Labute approximate surface area is 110 Å². The fourth-order valence-electron chi connectivity index (χ4n) is 1.63. The van der Waals surface area contributed by atoms with Gasteiger partial charge in [0.25, 0.3) is 0 Å². The summed E-state index contributed by atoms with van der Waals surface area (Å²) >= 11 is 0. The summed E-state index contributed by atoms with van der Waals surface area (Å²) in [6.07, 6.45) is 0. The molecule has 2 aromatic carbocycles. The number of nitrogens with two attached hydrogens (primary N) is 1. The van der Waals surface area contributed by atoms with Crippen LogP contribution in [0.4, 0.5) is 26.2 Å². The van der Waals surface area contributed by atoms with E-state index in [1.165, 1.54) is 17.0 Å². The molecule has 0 aromatic heterocycles. The standard InChI is InChI=1S/C14H14FN3O/c1-18(13-7-2-4-10(15)8-13)14(19)17-12-6-3-5-11(16)9-12/h2-9H,16H2,1H3,(H,17,19). The molecule has 0 bridgehead atoms. The van der Waals surface area contributed by atoms with Gasteiger partial charge in [-0.15, -0.1) is 0 Å². The zero-order chi connectivity index (χ0) is 13.8. The number of halogens is 1. The number of nitrogens with one attached hydrogen (secondary N) is 1. The molecule has 0 spiro atoms. The Balaban J connectivity index is 2.12. The van der Waals surface area contributed by atoms with Crippen LogP contribution in [0.1, 0.15) is 0 Å². The number of hydrogen-bond acceptors (Lipinski definition) is 2. The van der Waals surface area contributed by atoms with Gasteiger partial charge in [0.15, 0.2) is 0 Å². The first-order valence-electron chi connectivity index (χ1n) is 5.72. The second-order valence-electron chi connectivity index (χ2n) is 4.09. The molecule has 0 aliphatic heterocycles. The van der Waals surface area contributed by atoms with Crippen LogP contribution in [0.15, 0.2) is 48.5 Å². The summed E-state index contributed by atoms with van der Waals surface area (Å²) in [7, 11) is 1.57. The quantitative estimate of drug-likeness (QED) is 0.814. The first-order chi connectivity index (χ1) is 9.06. The van der Waals surface area contributed by atoms with E-state index in [0.29, 0.717) is 17.1 Å². The molecule has 0 radical (unpaired) electrons. The van der Waals surface area contributed by atoms with Gasteiger partial charge >= 0.3 is 6.03 Å². The highest BCUT2D eigenvalue weighted by molar-refractivity contribution is 6.01. The van der Waals surface area contributed by atoms with Crippen LogP contribution in [0.3, 0.4) is 0 Å². The van der Waals surface area contributed by atoms with Gasteiger partial charge in [-0.1, -0.05) is 12.1 Å². The molecule has 2 rings (SSSR count). The second-order valence-corrected chi connectivity index (χ2v) is 4.09. The largest absolute Gasteiger partial charge is 0.399 e. The Kier molecular flexibility index (Phi) is 3.66. The molecule has 4 nitrogen and oxygen atoms in total. The van der Waals surface area contributed by atoms with Crippen molar-refractivity contribution in [2.45, 2.75) is 0 Å². The normalized spacial score (nSPS) is 10.0. The highest BCUT2D eigenvalue weighted by Gasteiger charge is 2.11. The van der Waals surface area contributed by atoms with Gasteiger partial charge in [-0.25, -0.2) is 9.18 Å². The summed E-state index contributed by atoms with van der Waals surface area (Å²) in [5, 5.41) is 2.68. The smallest absolute Gasteiger partial charge is 0.326 e. The lowest BCUT2D eigenvalue weighted by atomic mass is 10.3. The predicted molar refractivity (Wildman–Crippen MR) is 74.7 cm³/mol. The number of nitrogen functional groups attached to an aromatic ring is 1. The van der Waals surface area contributed by atoms with Crippen LogP contribution in [0.25, 0.3) is 0 Å². The first kappa shape index (κ1) is 12.9. The van der Waals surface area contributed by atoms with Crippen LogP contribution in [-0.2, 0) is 0 Å². The van der Waals surface area contributed by atoms with Crippen LogP contribution in [0, 0.1) is 5.82 Å². The lowest BCUT2D eigenvalue weighted by Gasteiger charge is -2.18. The Morgan fingerprint density at radius 3 is 2.63 bits per heavy atom. The van der Waals surface area contributed by atoms with Crippen molar-refractivity contribution in [3.63, 3.8) is 0 Å². The van der Waals surface area contributed by atoms with Crippen LogP contribution in [-0.4, -0.2) is 13.1 Å². The molecule has 19 heavy (non-hydrogen) atoms. The van der Waals surface area contributed by atoms with E-state index < -0.39 is 0 Å². The maximum absolute atomic E-state index is 13.1. The van der Waals surface area contributed by atoms with E-state index in [-0.39, 0.29) is 11.8 Å². The van der Waals surface area contributed by atoms with Crippen molar-refractivity contribution in [2.75, 3.05) is 23.0 Å². The minimum Gasteiger partial charge on any atom is -0.399 e. The molecule has 0 aliphatic carbocycles. The minimum atomic E-state index is -0.388. The van der Waals surface area contributed by atoms with Gasteiger partial charge in [-0.05, 0) is 36.4 Å². The Morgan fingerprint density at radius 1 is 1.21 bits per heavy atom. The van der Waals surface area contributed by atoms with E-state index in [1.807, 2.05) is 0 Å². The third-order valence-corrected chi connectivity index (χ3v) is 2.64. The van der Waals surface area contributed by atoms with E-state index in [4.69, 9.17) is 5.73 Å². The lowest BCUT2D eigenvalue weighted by Crippen LogP contribution is -2.31. The molecule has 0 heterocycles. The molecule has 2 aromatic rings. The first-order valence-corrected chi connectivity index (χ1v) is 5.72. The average molecular weight is 259 g/mol. The number of carbonyl (C=O) groups excluding carboxylic acids is 1. The van der Waals surface area contributed by atoms with Gasteiger partial charge in [-0.3, -0.25) is 4.90 Å². The van der Waals surface area contributed by atoms with Gasteiger partial charge in [-0.2, -0.15) is 0 Å². The third kappa shape index (κ3) is 3.22. The van der Waals surface area contributed by atoms with Crippen LogP contribution in [0.5, 0.6) is 0 Å². The van der Waals surface area contributed by atoms with Crippen molar-refractivity contribution < 1.29 is 9.18 Å². The van der Waals surface area contributed by atoms with Gasteiger partial charge in [0.05, 0.1) is 0 Å². The molecule has 0 saturated heterocycles. The van der Waals surface area contributed by atoms with Crippen molar-refractivity contribution in [2.24, 2.45) is 0 Å². The topological polar surface area (TPSA) is 58.4 Å². The number of nitrogens with zero attached hydrogens (tertiary/aromatic N) is 1. The highest BCUT2D eigenvalue weighted by Crippen LogP contribution is 2.17. The third-order valence-electron chi connectivity index (χ3n) is 2.64. The van der Waals surface area contributed by atoms with Crippen molar-refractivity contribution in [3.8, 4) is 0 Å². The van der Waals surface area contributed by atoms with E-state index in [1.54, 1.807) is 43.4 Å². The fourth-order valence-corrected chi connectivity index (χ4v) is 1.63. The molecule has 0 atom stereocenters. The number of rotatable bonds is 2. The molecule has 0 aliphatic rings. The molecule has 0 saturated carbocycles. The molecular weight excluding hydrogens is 245 g/mol. The summed E-state index contributed by atoms with van der Waals surface area (Å²) < 4.78 is 13.1. The summed E-state index contributed by atoms with van der Waals surface area (Å²) in [5.41, 5.74) is 7.25. The predicted octanol–water partition coefficient (Wildman–Crippen LogP) is 3.08. The molecular formula is C14H14FN3O. The van der Waals surface area contributed by atoms with E-state index in [2.05, 4.69) is 5.32 Å². The average Bonchev–Trinajstić information content (AvgIpc) is 2.38. The zero-order valence-electron chi connectivity index (χ0n) is 10.4. The Bertz CT molecular complexity index is 601. The van der Waals surface area contributed by atoms with Gasteiger partial charge in [0.2, 0.25) is 0 Å². The van der Waals surface area contributed by atoms with E-state index >= 15 is 0 Å². The number of urea groups is 1. The minimum absolute atomic E-state index is 0.365. The van der Waals surface area contributed by atoms with Crippen LogP contribution >= 0.6 is 0 Å². The number of carbonyl (C=O) groups is 1. The Hall–Kier alpha value is -2.56. The van der Waals surface area contributed by atoms with E-state index in [9.17, 15) is 9.18 Å². The summed E-state index contributed by atoms with van der Waals surface area (Å²) in [6, 6.07) is 12.3. The summed E-state index contributed by atoms with van der Waals surface area (Å²) in [5.74, 6) is -0.388. The fraction of sp³-hybridized carbons (Fsp3) is 0.0714. The molecule has 0 fully saturated rings. The number of benzene rings is 2. The second kappa shape index (κ2) is 5.39. The summed E-state index contributed by atoms with van der Waals surface area (Å²) in [4.78, 5) is 13.3. The SMILES string of the molecule is CN(C(=O)Nc1cccc(N)c1)c1cccc(F)c1. The zero-order valence-corrected chi connectivity index (χ0v) is 10.4. The molecule has 2 amide bonds. The van der Waals surface area contributed by atoms with Crippen LogP contribution < -0.4 is 16.0 Å². The van der Waals surface area contributed by atoms with Crippen molar-refractivity contribution >= 4 is 23.1 Å². The Morgan fingerprint density at radius 2 is 1.95 bits per heavy atom. The lowest BCUT2D eigenvalue weighted by molar-refractivity contribution is 0.258. The molecule has 3 N–H and O–H groups in total. The number of amides is 2. The van der Waals surface area contributed by atoms with Crippen LogP contribution in [0.2, 0.25) is 0 Å². The van der Waals surface area contributed by atoms with Crippen molar-refractivity contribution in [1.29, 1.82) is 0 Å². The van der Waals surface area contributed by atoms with E-state index in [0.717, 1.165) is 0 Å². The van der Waals surface area contributed by atoms with Crippen molar-refractivity contribution in [3.05, 3.63) is 54.3 Å².